The standard InChI is InChI=1S/2C52H34N2O4/c55-51(56)41-25-11-9-23-39(41)48-37-21-7-8-22-38(37)49(40-24-10-12-26-42(40)52(57)58)50-43(48)27-15-29-47(50)53(33-16-3-1-4-17-33)35-30-31-46-44(32-35)36-20-13-14-28-45(36)54(46)34-18-5-2-6-19-34;55-51(56)43-24-11-9-22-40(43)49-38-20-7-8-21-39(38)50(41-23-10-12-25-44(41)52(57)58)46-32-35(27-29-42(46)49)53(33-15-3-1-4-16-33)36-28-30-48-45(31-36)37-19-13-14-26-47(37)54(48)34-17-5-2-6-18-34/h2*1-32H,(H,55,56)(H,57,58). The fourth-order valence-corrected chi connectivity index (χ4v) is 17.3. The van der Waals surface area contributed by atoms with Crippen LogP contribution in [-0.4, -0.2) is 53.4 Å². The van der Waals surface area contributed by atoms with Gasteiger partial charge >= 0.3 is 23.9 Å². The molecule has 0 aliphatic carbocycles. The van der Waals surface area contributed by atoms with Gasteiger partial charge < -0.3 is 39.4 Å². The minimum absolute atomic E-state index is 0.170. The summed E-state index contributed by atoms with van der Waals surface area (Å²) >= 11 is 0. The molecule has 116 heavy (non-hydrogen) atoms. The maximum absolute atomic E-state index is 13.0. The van der Waals surface area contributed by atoms with Gasteiger partial charge in [-0.2, -0.15) is 0 Å². The van der Waals surface area contributed by atoms with E-state index in [0.29, 0.717) is 22.3 Å². The van der Waals surface area contributed by atoms with Crippen molar-refractivity contribution in [3.63, 3.8) is 0 Å². The number of aromatic carboxylic acids is 4. The summed E-state index contributed by atoms with van der Waals surface area (Å²) < 4.78 is 4.59. The Morgan fingerprint density at radius 1 is 0.207 bits per heavy atom. The van der Waals surface area contributed by atoms with Crippen LogP contribution in [-0.2, 0) is 0 Å². The van der Waals surface area contributed by atoms with Crippen LogP contribution in [0.3, 0.4) is 0 Å². The molecule has 12 nitrogen and oxygen atoms in total. The van der Waals surface area contributed by atoms with E-state index in [4.69, 9.17) is 0 Å². The molecule has 0 bridgehead atoms. The first-order valence-electron chi connectivity index (χ1n) is 38.1. The molecule has 0 amide bonds. The minimum Gasteiger partial charge on any atom is -0.478 e. The molecular weight excluding hydrogens is 1430 g/mol. The van der Waals surface area contributed by atoms with Crippen LogP contribution in [0, 0.1) is 0 Å². The summed E-state index contributed by atoms with van der Waals surface area (Å²) in [6.45, 7) is 0. The van der Waals surface area contributed by atoms with Gasteiger partial charge in [0.05, 0.1) is 50.0 Å². The van der Waals surface area contributed by atoms with E-state index in [9.17, 15) is 39.6 Å². The monoisotopic (exact) mass is 1500 g/mol. The van der Waals surface area contributed by atoms with E-state index >= 15 is 0 Å². The molecule has 2 aromatic heterocycles. The number of benzene rings is 18. The largest absolute Gasteiger partial charge is 0.478 e. The Morgan fingerprint density at radius 3 is 0.914 bits per heavy atom. The summed E-state index contributed by atoms with van der Waals surface area (Å²) in [4.78, 5) is 55.8. The van der Waals surface area contributed by atoms with Crippen molar-refractivity contribution in [2.45, 2.75) is 0 Å². The summed E-state index contributed by atoms with van der Waals surface area (Å²) in [5.41, 5.74) is 17.9. The molecule has 12 heteroatoms. The predicted octanol–water partition coefficient (Wildman–Crippen LogP) is 26.6. The maximum atomic E-state index is 13.0. The molecule has 18 aromatic carbocycles. The Morgan fingerprint density at radius 2 is 0.491 bits per heavy atom. The van der Waals surface area contributed by atoms with Crippen LogP contribution < -0.4 is 9.80 Å². The Balaban J connectivity index is 0.000000155. The number of hydrogen-bond acceptors (Lipinski definition) is 6. The van der Waals surface area contributed by atoms with Crippen molar-refractivity contribution in [3.05, 3.63) is 411 Å². The quantitative estimate of drug-likeness (QED) is 0.0684. The highest BCUT2D eigenvalue weighted by molar-refractivity contribution is 6.28. The van der Waals surface area contributed by atoms with Gasteiger partial charge in [0.2, 0.25) is 0 Å². The highest BCUT2D eigenvalue weighted by atomic mass is 16.4. The van der Waals surface area contributed by atoms with Crippen molar-refractivity contribution in [1.82, 2.24) is 9.13 Å². The molecular formula is C104H68N4O8. The molecule has 552 valence electrons. The van der Waals surface area contributed by atoms with Crippen molar-refractivity contribution in [3.8, 4) is 55.9 Å². The van der Waals surface area contributed by atoms with Crippen molar-refractivity contribution in [2.24, 2.45) is 0 Å². The molecule has 4 N–H and O–H groups in total. The number of nitrogens with zero attached hydrogens (tertiary/aromatic N) is 4. The van der Waals surface area contributed by atoms with E-state index < -0.39 is 23.9 Å². The fraction of sp³-hybridized carbons (Fsp3) is 0. The fourth-order valence-electron chi connectivity index (χ4n) is 17.3. The maximum Gasteiger partial charge on any atom is 0.336 e. The summed E-state index contributed by atoms with van der Waals surface area (Å²) in [6, 6.07) is 128. The Hall–Kier alpha value is -15.9. The van der Waals surface area contributed by atoms with Gasteiger partial charge in [-0.25, -0.2) is 19.2 Å². The first-order chi connectivity index (χ1) is 57.0. The number of hydrogen-bond donors (Lipinski definition) is 4. The number of fused-ring (bicyclic) bond motifs is 10. The normalized spacial score (nSPS) is 11.4. The molecule has 0 saturated carbocycles. The van der Waals surface area contributed by atoms with E-state index in [0.717, 1.165) is 154 Å². The van der Waals surface area contributed by atoms with E-state index in [1.807, 2.05) is 164 Å². The van der Waals surface area contributed by atoms with E-state index in [1.54, 1.807) is 48.5 Å². The van der Waals surface area contributed by atoms with Crippen LogP contribution in [0.1, 0.15) is 41.4 Å². The van der Waals surface area contributed by atoms with Crippen molar-refractivity contribution in [2.75, 3.05) is 9.80 Å². The number of aromatic nitrogens is 2. The van der Waals surface area contributed by atoms with Crippen molar-refractivity contribution >= 4 is 145 Å². The topological polar surface area (TPSA) is 166 Å². The van der Waals surface area contributed by atoms with Gasteiger partial charge in [0.25, 0.3) is 0 Å². The third-order valence-corrected chi connectivity index (χ3v) is 22.1. The van der Waals surface area contributed by atoms with Gasteiger partial charge in [-0.15, -0.1) is 0 Å². The van der Waals surface area contributed by atoms with Gasteiger partial charge in [0, 0.05) is 72.3 Å². The van der Waals surface area contributed by atoms with Gasteiger partial charge in [-0.1, -0.05) is 249 Å². The van der Waals surface area contributed by atoms with Gasteiger partial charge in [-0.05, 0) is 216 Å². The van der Waals surface area contributed by atoms with Crippen molar-refractivity contribution < 1.29 is 39.6 Å². The molecule has 2 heterocycles. The lowest BCUT2D eigenvalue weighted by Gasteiger charge is -2.29. The number of carboxylic acids is 4. The Kier molecular flexibility index (Phi) is 17.9. The highest BCUT2D eigenvalue weighted by Gasteiger charge is 2.30. The number of anilines is 6. The second kappa shape index (κ2) is 29.4. The zero-order valence-corrected chi connectivity index (χ0v) is 62.2. The van der Waals surface area contributed by atoms with E-state index in [2.05, 4.69) is 195 Å². The van der Waals surface area contributed by atoms with Gasteiger partial charge in [0.1, 0.15) is 0 Å². The molecule has 0 radical (unpaired) electrons. The lowest BCUT2D eigenvalue weighted by molar-refractivity contribution is 0.0687. The molecule has 0 spiro atoms. The SMILES string of the molecule is O=C(O)c1ccccc1-c1c2ccccc2c(-c2ccccc2C(=O)O)c2c(N(c3ccccc3)c3ccc4c(c3)c3ccccc3n4-c3ccccc3)cccc12.O=C(O)c1ccccc1-c1c2ccccc2c(-c2ccccc2C(=O)O)c2cc(N(c3ccccc3)c3ccc4c(c3)c3ccccc3n4-c3ccccc3)ccc12. The number of carbonyl (C=O) groups is 4. The van der Waals surface area contributed by atoms with Gasteiger partial charge in [-0.3, -0.25) is 0 Å². The summed E-state index contributed by atoms with van der Waals surface area (Å²) in [7, 11) is 0. The average Bonchev–Trinajstić information content (AvgIpc) is 1.07. The minimum atomic E-state index is -1.04. The molecule has 20 rings (SSSR count). The number of rotatable bonds is 16. The second-order valence-corrected chi connectivity index (χ2v) is 28.5. The summed E-state index contributed by atoms with van der Waals surface area (Å²) in [5, 5.41) is 52.9. The molecule has 0 saturated heterocycles. The van der Waals surface area contributed by atoms with Crippen LogP contribution in [0.5, 0.6) is 0 Å². The molecule has 20 aromatic rings. The van der Waals surface area contributed by atoms with Crippen LogP contribution in [0.4, 0.5) is 34.1 Å². The molecule has 0 aliphatic heterocycles. The summed E-state index contributed by atoms with van der Waals surface area (Å²) in [6.07, 6.45) is 0. The van der Waals surface area contributed by atoms with E-state index in [-0.39, 0.29) is 22.3 Å². The van der Waals surface area contributed by atoms with E-state index in [1.165, 1.54) is 0 Å². The number of carboxylic acid groups (broad SMARTS) is 4. The summed E-state index contributed by atoms with van der Waals surface area (Å²) in [5.74, 6) is -4.12. The molecule has 0 atom stereocenters. The van der Waals surface area contributed by atoms with Crippen LogP contribution >= 0.6 is 0 Å². The Bertz CT molecular complexity index is 7280. The van der Waals surface area contributed by atoms with Crippen molar-refractivity contribution in [1.29, 1.82) is 0 Å². The first kappa shape index (κ1) is 70.5. The van der Waals surface area contributed by atoms with Crippen LogP contribution in [0.2, 0.25) is 0 Å². The first-order valence-corrected chi connectivity index (χ1v) is 38.1. The third kappa shape index (κ3) is 12.0. The zero-order chi connectivity index (χ0) is 78.7. The third-order valence-electron chi connectivity index (χ3n) is 22.1. The lowest BCUT2D eigenvalue weighted by Crippen LogP contribution is -2.11. The smallest absolute Gasteiger partial charge is 0.336 e. The van der Waals surface area contributed by atoms with Crippen LogP contribution in [0.25, 0.3) is 143 Å². The number of para-hydroxylation sites is 6. The second-order valence-electron chi connectivity index (χ2n) is 28.5. The van der Waals surface area contributed by atoms with Crippen LogP contribution in [0.15, 0.2) is 388 Å². The molecule has 0 fully saturated rings. The predicted molar refractivity (Wildman–Crippen MR) is 471 cm³/mol. The lowest BCUT2D eigenvalue weighted by atomic mass is 9.83. The highest BCUT2D eigenvalue weighted by Crippen LogP contribution is 2.53. The zero-order valence-electron chi connectivity index (χ0n) is 62.2. The Labute approximate surface area is 665 Å². The molecule has 0 unspecified atom stereocenters. The average molecular weight is 1500 g/mol. The van der Waals surface area contributed by atoms with Gasteiger partial charge in [0.15, 0.2) is 0 Å². The molecule has 0 aliphatic rings.